The van der Waals surface area contributed by atoms with Crippen molar-refractivity contribution in [3.8, 4) is 6.07 Å². The molecule has 170 valence electrons. The lowest BCUT2D eigenvalue weighted by atomic mass is 9.34. The molecule has 1 amide bonds. The highest BCUT2D eigenvalue weighted by molar-refractivity contribution is 5.88. The van der Waals surface area contributed by atoms with Gasteiger partial charge < -0.3 is 4.40 Å². The molecule has 1 unspecified atom stereocenters. The first-order valence-corrected chi connectivity index (χ1v) is 11.5. The van der Waals surface area contributed by atoms with Gasteiger partial charge in [-0.2, -0.15) is 15.5 Å². The van der Waals surface area contributed by atoms with E-state index < -0.39 is 0 Å². The normalized spacial score (nSPS) is 26.6. The summed E-state index contributed by atoms with van der Waals surface area (Å²) in [6.07, 6.45) is 10.8. The number of benzene rings is 1. The molecule has 1 aromatic carbocycles. The average molecular weight is 452 g/mol. The fourth-order valence-corrected chi connectivity index (χ4v) is 6.20. The molecule has 2 aromatic heterocycles. The van der Waals surface area contributed by atoms with Gasteiger partial charge in [-0.15, -0.1) is 0 Å². The molecule has 3 aromatic rings. The van der Waals surface area contributed by atoms with E-state index in [2.05, 4.69) is 28.0 Å². The summed E-state index contributed by atoms with van der Waals surface area (Å²) in [6.45, 7) is 6.47. The number of nitrogens with zero attached hydrogens (tertiary/aromatic N) is 7. The fraction of sp³-hybridized carbons (Fsp3) is 0.346. The third kappa shape index (κ3) is 2.97. The highest BCUT2D eigenvalue weighted by atomic mass is 16.2. The molecule has 34 heavy (non-hydrogen) atoms. The molecular weight excluding hydrogens is 426 g/mol. The first-order valence-electron chi connectivity index (χ1n) is 11.5. The van der Waals surface area contributed by atoms with Crippen LogP contribution in [-0.2, 0) is 4.79 Å². The van der Waals surface area contributed by atoms with Crippen LogP contribution in [0.4, 0.5) is 5.69 Å². The number of amides is 1. The van der Waals surface area contributed by atoms with E-state index in [0.717, 1.165) is 54.7 Å². The summed E-state index contributed by atoms with van der Waals surface area (Å²) >= 11 is 0. The van der Waals surface area contributed by atoms with Gasteiger partial charge in [-0.3, -0.25) is 9.80 Å². The summed E-state index contributed by atoms with van der Waals surface area (Å²) in [5.74, 6) is 0.131. The summed E-state index contributed by atoms with van der Waals surface area (Å²) in [5, 5.41) is 21.5. The molecule has 1 atom stereocenters. The largest absolute Gasteiger partial charge is 0.307 e. The van der Waals surface area contributed by atoms with Gasteiger partial charge in [0.05, 0.1) is 28.8 Å². The molecule has 0 saturated heterocycles. The third-order valence-electron chi connectivity index (χ3n) is 7.69. The van der Waals surface area contributed by atoms with E-state index in [-0.39, 0.29) is 22.8 Å². The van der Waals surface area contributed by atoms with Gasteiger partial charge in [0.15, 0.2) is 0 Å². The zero-order valence-electron chi connectivity index (χ0n) is 19.1. The maximum Gasteiger partial charge on any atom is 0.249 e. The van der Waals surface area contributed by atoms with Crippen LogP contribution in [0.1, 0.15) is 48.4 Å². The third-order valence-corrected chi connectivity index (χ3v) is 7.69. The van der Waals surface area contributed by atoms with E-state index in [0.29, 0.717) is 5.56 Å². The number of fused-ring (bicyclic) bond motifs is 1. The Hall–Kier alpha value is -3.99. The van der Waals surface area contributed by atoms with Crippen LogP contribution in [0.25, 0.3) is 5.65 Å². The number of anilines is 1. The molecular formula is C26H25N7O. The average Bonchev–Trinajstić information content (AvgIpc) is 3.46. The van der Waals surface area contributed by atoms with E-state index in [1.165, 1.54) is 0 Å². The molecule has 8 heteroatoms. The molecule has 3 saturated carbocycles. The van der Waals surface area contributed by atoms with Crippen molar-refractivity contribution in [1.29, 1.82) is 5.26 Å². The fourth-order valence-electron chi connectivity index (χ4n) is 6.20. The number of aromatic nitrogens is 2. The predicted molar refractivity (Wildman–Crippen MR) is 129 cm³/mol. The van der Waals surface area contributed by atoms with Gasteiger partial charge in [0.25, 0.3) is 0 Å². The smallest absolute Gasteiger partial charge is 0.249 e. The molecule has 8 nitrogen and oxygen atoms in total. The SMILES string of the molecule is C=NN(CC12CC(C(=O)N3N=CCC3c3ccc4nccn4c3)(C1)C2)c1ccc(C#N)cc1C. The topological polar surface area (TPSA) is 89.4 Å². The van der Waals surface area contributed by atoms with Crippen molar-refractivity contribution in [2.45, 2.75) is 38.6 Å². The number of hydrazone groups is 2. The lowest BCUT2D eigenvalue weighted by Crippen LogP contribution is -2.70. The van der Waals surface area contributed by atoms with Gasteiger partial charge >= 0.3 is 0 Å². The van der Waals surface area contributed by atoms with Crippen LogP contribution >= 0.6 is 0 Å². The summed E-state index contributed by atoms with van der Waals surface area (Å²) < 4.78 is 1.98. The monoisotopic (exact) mass is 451 g/mol. The first kappa shape index (κ1) is 20.6. The van der Waals surface area contributed by atoms with Gasteiger partial charge in [-0.05, 0) is 67.0 Å². The molecule has 0 spiro atoms. The Kier molecular flexibility index (Phi) is 4.40. The van der Waals surface area contributed by atoms with Crippen LogP contribution in [0, 0.1) is 29.1 Å². The number of hydrogen-bond acceptors (Lipinski definition) is 6. The van der Waals surface area contributed by atoms with E-state index in [4.69, 9.17) is 5.26 Å². The van der Waals surface area contributed by atoms with Crippen LogP contribution in [0.5, 0.6) is 0 Å². The summed E-state index contributed by atoms with van der Waals surface area (Å²) in [6, 6.07) is 11.7. The Bertz CT molecular complexity index is 1380. The molecule has 4 aliphatic rings. The van der Waals surface area contributed by atoms with Crippen molar-refractivity contribution >= 4 is 30.2 Å². The van der Waals surface area contributed by atoms with Gasteiger partial charge in [-0.25, -0.2) is 9.99 Å². The Balaban J connectivity index is 1.15. The number of hydrogen-bond donors (Lipinski definition) is 0. The van der Waals surface area contributed by atoms with Gasteiger partial charge in [0, 0.05) is 44.5 Å². The van der Waals surface area contributed by atoms with Crippen LogP contribution in [0.3, 0.4) is 0 Å². The second-order valence-electron chi connectivity index (χ2n) is 9.98. The number of aryl methyl sites for hydroxylation is 1. The van der Waals surface area contributed by atoms with Gasteiger partial charge in [0.2, 0.25) is 5.91 Å². The van der Waals surface area contributed by atoms with Crippen molar-refractivity contribution in [2.75, 3.05) is 11.6 Å². The minimum atomic E-state index is -0.314. The molecule has 7 rings (SSSR count). The quantitative estimate of drug-likeness (QED) is 0.417. The van der Waals surface area contributed by atoms with E-state index in [9.17, 15) is 4.79 Å². The molecule has 1 aliphatic heterocycles. The Labute approximate surface area is 197 Å². The first-order chi connectivity index (χ1) is 16.5. The Morgan fingerprint density at radius 1 is 1.32 bits per heavy atom. The minimum absolute atomic E-state index is 0.0723. The van der Waals surface area contributed by atoms with Crippen molar-refractivity contribution in [3.05, 3.63) is 65.6 Å². The Morgan fingerprint density at radius 3 is 2.88 bits per heavy atom. The number of imidazole rings is 1. The molecule has 3 fully saturated rings. The van der Waals surface area contributed by atoms with Gasteiger partial charge in [-0.1, -0.05) is 6.07 Å². The summed E-state index contributed by atoms with van der Waals surface area (Å²) in [7, 11) is 0. The maximum atomic E-state index is 13.6. The lowest BCUT2D eigenvalue weighted by molar-refractivity contribution is -0.214. The van der Waals surface area contributed by atoms with Crippen LogP contribution in [0.2, 0.25) is 0 Å². The summed E-state index contributed by atoms with van der Waals surface area (Å²) in [4.78, 5) is 17.9. The zero-order valence-corrected chi connectivity index (χ0v) is 19.1. The van der Waals surface area contributed by atoms with Crippen molar-refractivity contribution in [1.82, 2.24) is 14.4 Å². The zero-order chi connectivity index (χ0) is 23.5. The molecule has 2 bridgehead atoms. The molecule has 0 N–H and O–H groups in total. The highest BCUT2D eigenvalue weighted by Crippen LogP contribution is 2.74. The van der Waals surface area contributed by atoms with Crippen LogP contribution in [0.15, 0.2) is 59.1 Å². The number of pyridine rings is 1. The highest BCUT2D eigenvalue weighted by Gasteiger charge is 2.72. The van der Waals surface area contributed by atoms with Crippen molar-refractivity contribution in [2.24, 2.45) is 21.0 Å². The number of nitriles is 1. The van der Waals surface area contributed by atoms with Gasteiger partial charge in [0.1, 0.15) is 5.65 Å². The van der Waals surface area contributed by atoms with Crippen molar-refractivity contribution < 1.29 is 4.79 Å². The second-order valence-corrected chi connectivity index (χ2v) is 9.98. The molecule has 3 heterocycles. The van der Waals surface area contributed by atoms with Crippen LogP contribution in [-0.4, -0.2) is 39.8 Å². The maximum absolute atomic E-state index is 13.6. The van der Waals surface area contributed by atoms with E-state index in [1.54, 1.807) is 17.3 Å². The Morgan fingerprint density at radius 2 is 2.15 bits per heavy atom. The lowest BCUT2D eigenvalue weighted by Gasteiger charge is -2.70. The second kappa shape index (κ2) is 7.26. The standard InChI is InChI=1S/C26H25N7O/c1-18-11-19(12-27)3-5-21(18)32(28-2)17-25-14-26(15-25,16-25)24(34)33-22(7-8-30-33)20-4-6-23-29-9-10-31(23)13-20/h3-6,8-11,13,22H,2,7,14-17H2,1H3. The van der Waals surface area contributed by atoms with E-state index in [1.807, 2.05) is 59.2 Å². The molecule has 3 aliphatic carbocycles. The number of rotatable bonds is 6. The summed E-state index contributed by atoms with van der Waals surface area (Å²) in [5.41, 5.74) is 4.30. The van der Waals surface area contributed by atoms with Crippen LogP contribution < -0.4 is 5.01 Å². The molecule has 0 radical (unpaired) electrons. The predicted octanol–water partition coefficient (Wildman–Crippen LogP) is 4.07. The minimum Gasteiger partial charge on any atom is -0.307 e. The van der Waals surface area contributed by atoms with Crippen molar-refractivity contribution in [3.63, 3.8) is 0 Å². The number of carbonyl (C=O) groups excluding carboxylic acids is 1. The number of carbonyl (C=O) groups is 1. The van der Waals surface area contributed by atoms with E-state index >= 15 is 0 Å².